The van der Waals surface area contributed by atoms with E-state index in [9.17, 15) is 13.2 Å². The SMILES string of the molecule is CC1(C)C[C@@H](NC(=O)c2cccc(N3CCCCS3(=O)=O)c2)c2ccccc2O1. The van der Waals surface area contributed by atoms with Crippen LogP contribution in [0.3, 0.4) is 0 Å². The summed E-state index contributed by atoms with van der Waals surface area (Å²) in [6.07, 6.45) is 2.15. The van der Waals surface area contributed by atoms with Crippen molar-refractivity contribution in [2.24, 2.45) is 0 Å². The zero-order chi connectivity index (χ0) is 20.6. The molecule has 2 aliphatic heterocycles. The topological polar surface area (TPSA) is 75.7 Å². The first kappa shape index (κ1) is 19.8. The number of carbonyl (C=O) groups is 1. The summed E-state index contributed by atoms with van der Waals surface area (Å²) in [4.78, 5) is 13.0. The lowest BCUT2D eigenvalue weighted by atomic mass is 9.89. The van der Waals surface area contributed by atoms with Gasteiger partial charge in [0.15, 0.2) is 0 Å². The van der Waals surface area contributed by atoms with E-state index >= 15 is 0 Å². The van der Waals surface area contributed by atoms with Gasteiger partial charge in [0.25, 0.3) is 5.91 Å². The number of hydrogen-bond donors (Lipinski definition) is 1. The van der Waals surface area contributed by atoms with E-state index in [0.29, 0.717) is 30.6 Å². The number of carbonyl (C=O) groups excluding carboxylic acids is 1. The minimum absolute atomic E-state index is 0.150. The van der Waals surface area contributed by atoms with Gasteiger partial charge in [-0.2, -0.15) is 0 Å². The number of nitrogens with one attached hydrogen (secondary N) is 1. The molecule has 0 aromatic heterocycles. The quantitative estimate of drug-likeness (QED) is 0.832. The fourth-order valence-electron chi connectivity index (χ4n) is 4.05. The molecule has 1 fully saturated rings. The summed E-state index contributed by atoms with van der Waals surface area (Å²) in [7, 11) is -3.32. The number of rotatable bonds is 3. The van der Waals surface area contributed by atoms with E-state index in [2.05, 4.69) is 5.32 Å². The molecule has 1 atom stereocenters. The van der Waals surface area contributed by atoms with Gasteiger partial charge in [-0.3, -0.25) is 9.10 Å². The van der Waals surface area contributed by atoms with Gasteiger partial charge in [-0.25, -0.2) is 8.42 Å². The molecule has 29 heavy (non-hydrogen) atoms. The Kier molecular flexibility index (Phi) is 5.02. The van der Waals surface area contributed by atoms with E-state index in [1.165, 1.54) is 4.31 Å². The lowest BCUT2D eigenvalue weighted by Gasteiger charge is -2.37. The van der Waals surface area contributed by atoms with Crippen LogP contribution in [-0.2, 0) is 10.0 Å². The van der Waals surface area contributed by atoms with E-state index in [1.54, 1.807) is 24.3 Å². The Hall–Kier alpha value is -2.54. The second kappa shape index (κ2) is 7.37. The Morgan fingerprint density at radius 1 is 1.14 bits per heavy atom. The second-order valence-corrected chi connectivity index (χ2v) is 10.3. The third kappa shape index (κ3) is 4.10. The van der Waals surface area contributed by atoms with Crippen molar-refractivity contribution < 1.29 is 17.9 Å². The molecule has 0 unspecified atom stereocenters. The number of sulfonamides is 1. The molecule has 0 spiro atoms. The Bertz CT molecular complexity index is 1030. The normalized spacial score (nSPS) is 22.3. The fourth-order valence-corrected chi connectivity index (χ4v) is 5.69. The Morgan fingerprint density at radius 2 is 1.93 bits per heavy atom. The Balaban J connectivity index is 1.58. The summed E-state index contributed by atoms with van der Waals surface area (Å²) in [6.45, 7) is 4.46. The fraction of sp³-hybridized carbons (Fsp3) is 0.409. The molecule has 1 N–H and O–H groups in total. The van der Waals surface area contributed by atoms with Crippen LogP contribution in [0.5, 0.6) is 5.75 Å². The summed E-state index contributed by atoms with van der Waals surface area (Å²) in [5, 5.41) is 3.11. The predicted octanol–water partition coefficient (Wildman–Crippen LogP) is 3.65. The first-order valence-electron chi connectivity index (χ1n) is 9.94. The second-order valence-electron chi connectivity index (χ2n) is 8.28. The first-order chi connectivity index (χ1) is 13.8. The highest BCUT2D eigenvalue weighted by Gasteiger charge is 2.34. The van der Waals surface area contributed by atoms with E-state index in [1.807, 2.05) is 38.1 Å². The van der Waals surface area contributed by atoms with Crippen LogP contribution in [0.25, 0.3) is 0 Å². The van der Waals surface area contributed by atoms with E-state index in [-0.39, 0.29) is 17.7 Å². The first-order valence-corrected chi connectivity index (χ1v) is 11.6. The van der Waals surface area contributed by atoms with Gasteiger partial charge in [0.2, 0.25) is 10.0 Å². The number of benzene rings is 2. The monoisotopic (exact) mass is 414 g/mol. The average Bonchev–Trinajstić information content (AvgIpc) is 2.67. The smallest absolute Gasteiger partial charge is 0.251 e. The Morgan fingerprint density at radius 3 is 2.72 bits per heavy atom. The highest BCUT2D eigenvalue weighted by molar-refractivity contribution is 7.92. The van der Waals surface area contributed by atoms with E-state index < -0.39 is 15.6 Å². The van der Waals surface area contributed by atoms with Crippen LogP contribution in [0.4, 0.5) is 5.69 Å². The number of nitrogens with zero attached hydrogens (tertiary/aromatic N) is 1. The molecule has 0 saturated carbocycles. The van der Waals surface area contributed by atoms with Crippen molar-refractivity contribution in [3.05, 3.63) is 59.7 Å². The maximum absolute atomic E-state index is 13.0. The summed E-state index contributed by atoms with van der Waals surface area (Å²) in [5.74, 6) is 0.707. The molecule has 2 heterocycles. The molecule has 2 aliphatic rings. The average molecular weight is 415 g/mol. The van der Waals surface area contributed by atoms with E-state index in [4.69, 9.17) is 4.74 Å². The van der Waals surface area contributed by atoms with Crippen LogP contribution in [0.2, 0.25) is 0 Å². The van der Waals surface area contributed by atoms with Crippen molar-refractivity contribution >= 4 is 21.6 Å². The molecule has 0 bridgehead atoms. The molecule has 6 nitrogen and oxygen atoms in total. The van der Waals surface area contributed by atoms with Crippen molar-refractivity contribution in [3.63, 3.8) is 0 Å². The molecule has 0 radical (unpaired) electrons. The van der Waals surface area contributed by atoms with Crippen molar-refractivity contribution in [2.45, 2.75) is 44.8 Å². The molecule has 2 aromatic rings. The molecular weight excluding hydrogens is 388 g/mol. The molecule has 4 rings (SSSR count). The third-order valence-corrected chi connectivity index (χ3v) is 7.30. The van der Waals surface area contributed by atoms with Gasteiger partial charge < -0.3 is 10.1 Å². The minimum atomic E-state index is -3.32. The molecule has 2 aromatic carbocycles. The van der Waals surface area contributed by atoms with Gasteiger partial charge in [0.1, 0.15) is 11.4 Å². The largest absolute Gasteiger partial charge is 0.487 e. The third-order valence-electron chi connectivity index (χ3n) is 5.43. The summed E-state index contributed by atoms with van der Waals surface area (Å²) in [6, 6.07) is 14.4. The van der Waals surface area contributed by atoms with Crippen molar-refractivity contribution in [1.82, 2.24) is 5.32 Å². The molecule has 1 saturated heterocycles. The number of para-hydroxylation sites is 1. The Labute approximate surface area is 171 Å². The molecule has 7 heteroatoms. The van der Waals surface area contributed by atoms with Crippen LogP contribution in [0.15, 0.2) is 48.5 Å². The van der Waals surface area contributed by atoms with Crippen LogP contribution >= 0.6 is 0 Å². The molecule has 154 valence electrons. The zero-order valence-electron chi connectivity index (χ0n) is 16.7. The number of hydrogen-bond acceptors (Lipinski definition) is 4. The van der Waals surface area contributed by atoms with Crippen molar-refractivity contribution in [3.8, 4) is 5.75 Å². The van der Waals surface area contributed by atoms with Gasteiger partial charge in [-0.1, -0.05) is 24.3 Å². The van der Waals surface area contributed by atoms with Crippen LogP contribution in [0, 0.1) is 0 Å². The van der Waals surface area contributed by atoms with Gasteiger partial charge in [-0.05, 0) is 51.0 Å². The minimum Gasteiger partial charge on any atom is -0.487 e. The van der Waals surface area contributed by atoms with Crippen LogP contribution in [0.1, 0.15) is 55.1 Å². The predicted molar refractivity (Wildman–Crippen MR) is 113 cm³/mol. The van der Waals surface area contributed by atoms with Crippen LogP contribution < -0.4 is 14.4 Å². The van der Waals surface area contributed by atoms with Crippen molar-refractivity contribution in [1.29, 1.82) is 0 Å². The van der Waals surface area contributed by atoms with Gasteiger partial charge in [0, 0.05) is 24.1 Å². The van der Waals surface area contributed by atoms with Gasteiger partial charge in [-0.15, -0.1) is 0 Å². The number of ether oxygens (including phenoxy) is 1. The summed E-state index contributed by atoms with van der Waals surface area (Å²) in [5.41, 5.74) is 1.56. The molecule has 1 amide bonds. The van der Waals surface area contributed by atoms with Crippen molar-refractivity contribution in [2.75, 3.05) is 16.6 Å². The maximum atomic E-state index is 13.0. The van der Waals surface area contributed by atoms with E-state index in [0.717, 1.165) is 17.7 Å². The summed E-state index contributed by atoms with van der Waals surface area (Å²) >= 11 is 0. The molecular formula is C22H26N2O4S. The number of amides is 1. The summed E-state index contributed by atoms with van der Waals surface area (Å²) < 4.78 is 32.3. The molecule has 0 aliphatic carbocycles. The highest BCUT2D eigenvalue weighted by Crippen LogP contribution is 2.39. The van der Waals surface area contributed by atoms with Crippen LogP contribution in [-0.4, -0.2) is 32.2 Å². The number of fused-ring (bicyclic) bond motifs is 1. The lowest BCUT2D eigenvalue weighted by molar-refractivity contribution is 0.0619. The maximum Gasteiger partial charge on any atom is 0.251 e. The lowest BCUT2D eigenvalue weighted by Crippen LogP contribution is -2.41. The number of anilines is 1. The zero-order valence-corrected chi connectivity index (χ0v) is 17.5. The highest BCUT2D eigenvalue weighted by atomic mass is 32.2. The van der Waals surface area contributed by atoms with Gasteiger partial charge in [0.05, 0.1) is 17.5 Å². The van der Waals surface area contributed by atoms with Gasteiger partial charge >= 0.3 is 0 Å². The standard InChI is InChI=1S/C22H26N2O4S/c1-22(2)15-19(18-10-3-4-11-20(18)28-22)23-21(25)16-8-7-9-17(14-16)24-12-5-6-13-29(24,26)27/h3-4,7-11,14,19H,5-6,12-13,15H2,1-2H3,(H,23,25)/t19-/m1/s1.